The molecule has 1 aliphatic carbocycles. The summed E-state index contributed by atoms with van der Waals surface area (Å²) in [5, 5.41) is 0. The fraction of sp³-hybridized carbons (Fsp3) is 0.500. The van der Waals surface area contributed by atoms with E-state index in [1.807, 2.05) is 0 Å². The first-order valence-electron chi connectivity index (χ1n) is 8.18. The van der Waals surface area contributed by atoms with Crippen molar-refractivity contribution in [2.75, 3.05) is 26.4 Å². The summed E-state index contributed by atoms with van der Waals surface area (Å²) in [4.78, 5) is 14.4. The van der Waals surface area contributed by atoms with Gasteiger partial charge in [-0.1, -0.05) is 6.08 Å². The number of fused-ring (bicyclic) bond motifs is 1. The standard InChI is InChI=1S/C18H21F2NO3/c1-2-8-23-11-13-4-6-16-17(13)24-9-7-21(16)18(22)12-3-5-14(19)15(20)10-12/h2-3,5,10,13,16-17H,1,4,6-9,11H2/t13-,16-,17+/m0/s1. The van der Waals surface area contributed by atoms with Gasteiger partial charge in [0.1, 0.15) is 0 Å². The van der Waals surface area contributed by atoms with Gasteiger partial charge in [-0.05, 0) is 31.0 Å². The summed E-state index contributed by atoms with van der Waals surface area (Å²) in [6.45, 7) is 5.58. The van der Waals surface area contributed by atoms with Crippen LogP contribution in [0.2, 0.25) is 0 Å². The SMILES string of the molecule is C=CCOC[C@@H]1CC[C@H]2[C@@H]1OCCN2C(=O)c1ccc(F)c(F)c1. The van der Waals surface area contributed by atoms with E-state index in [0.717, 1.165) is 25.0 Å². The van der Waals surface area contributed by atoms with E-state index in [0.29, 0.717) is 26.4 Å². The molecule has 130 valence electrons. The molecule has 0 bridgehead atoms. The highest BCUT2D eigenvalue weighted by atomic mass is 19.2. The number of carbonyl (C=O) groups is 1. The van der Waals surface area contributed by atoms with Crippen molar-refractivity contribution in [2.24, 2.45) is 5.92 Å². The number of carbonyl (C=O) groups excluding carboxylic acids is 1. The number of morpholine rings is 1. The molecule has 3 rings (SSSR count). The lowest BCUT2D eigenvalue weighted by Gasteiger charge is -2.39. The summed E-state index contributed by atoms with van der Waals surface area (Å²) in [6, 6.07) is 3.23. The van der Waals surface area contributed by atoms with Gasteiger partial charge in [-0.3, -0.25) is 4.79 Å². The normalized spacial score (nSPS) is 26.2. The predicted octanol–water partition coefficient (Wildman–Crippen LogP) is 2.79. The van der Waals surface area contributed by atoms with Crippen molar-refractivity contribution < 1.29 is 23.0 Å². The maximum Gasteiger partial charge on any atom is 0.254 e. The van der Waals surface area contributed by atoms with E-state index in [2.05, 4.69) is 6.58 Å². The van der Waals surface area contributed by atoms with Crippen molar-refractivity contribution in [1.82, 2.24) is 4.90 Å². The maximum atomic E-state index is 13.4. The van der Waals surface area contributed by atoms with E-state index < -0.39 is 11.6 Å². The van der Waals surface area contributed by atoms with Crippen LogP contribution >= 0.6 is 0 Å². The van der Waals surface area contributed by atoms with Crippen LogP contribution in [0, 0.1) is 17.6 Å². The quantitative estimate of drug-likeness (QED) is 0.613. The third kappa shape index (κ3) is 3.35. The van der Waals surface area contributed by atoms with Crippen LogP contribution in [0.4, 0.5) is 8.78 Å². The number of rotatable bonds is 5. The lowest BCUT2D eigenvalue weighted by Crippen LogP contribution is -2.53. The Morgan fingerprint density at radius 3 is 2.96 bits per heavy atom. The molecule has 0 radical (unpaired) electrons. The van der Waals surface area contributed by atoms with Crippen LogP contribution in [-0.4, -0.2) is 49.3 Å². The third-order valence-corrected chi connectivity index (χ3v) is 4.71. The minimum atomic E-state index is -1.01. The average Bonchev–Trinajstić information content (AvgIpc) is 3.00. The Balaban J connectivity index is 1.71. The Bertz CT molecular complexity index is 622. The number of nitrogens with zero attached hydrogens (tertiary/aromatic N) is 1. The molecule has 4 nitrogen and oxygen atoms in total. The lowest BCUT2D eigenvalue weighted by molar-refractivity contribution is -0.0738. The number of ether oxygens (including phenoxy) is 2. The van der Waals surface area contributed by atoms with Crippen molar-refractivity contribution in [3.63, 3.8) is 0 Å². The van der Waals surface area contributed by atoms with E-state index in [4.69, 9.17) is 9.47 Å². The van der Waals surface area contributed by atoms with Crippen LogP contribution in [-0.2, 0) is 9.47 Å². The zero-order valence-electron chi connectivity index (χ0n) is 13.4. The zero-order chi connectivity index (χ0) is 17.1. The van der Waals surface area contributed by atoms with Gasteiger partial charge in [0.2, 0.25) is 0 Å². The van der Waals surface area contributed by atoms with Gasteiger partial charge in [0.15, 0.2) is 11.6 Å². The number of hydrogen-bond donors (Lipinski definition) is 0. The second kappa shape index (κ2) is 7.40. The summed E-state index contributed by atoms with van der Waals surface area (Å²) in [5.74, 6) is -2.00. The van der Waals surface area contributed by atoms with Crippen molar-refractivity contribution in [3.05, 3.63) is 48.1 Å². The van der Waals surface area contributed by atoms with E-state index in [1.54, 1.807) is 11.0 Å². The van der Waals surface area contributed by atoms with E-state index in [9.17, 15) is 13.6 Å². The van der Waals surface area contributed by atoms with Crippen molar-refractivity contribution in [2.45, 2.75) is 25.0 Å². The molecule has 24 heavy (non-hydrogen) atoms. The number of hydrogen-bond acceptors (Lipinski definition) is 3. The number of halogens is 2. The first-order chi connectivity index (χ1) is 11.6. The molecule has 0 aromatic heterocycles. The molecule has 0 spiro atoms. The van der Waals surface area contributed by atoms with Crippen LogP contribution in [0.3, 0.4) is 0 Å². The predicted molar refractivity (Wildman–Crippen MR) is 84.7 cm³/mol. The molecule has 0 N–H and O–H groups in total. The minimum Gasteiger partial charge on any atom is -0.377 e. The summed E-state index contributed by atoms with van der Waals surface area (Å²) >= 11 is 0. The Morgan fingerprint density at radius 1 is 1.38 bits per heavy atom. The number of benzene rings is 1. The van der Waals surface area contributed by atoms with Gasteiger partial charge in [-0.15, -0.1) is 6.58 Å². The molecule has 1 aromatic rings. The Kier molecular flexibility index (Phi) is 5.26. The first-order valence-corrected chi connectivity index (χ1v) is 8.18. The topological polar surface area (TPSA) is 38.8 Å². The molecule has 2 aliphatic rings. The van der Waals surface area contributed by atoms with Gasteiger partial charge in [0.25, 0.3) is 5.91 Å². The van der Waals surface area contributed by atoms with E-state index >= 15 is 0 Å². The van der Waals surface area contributed by atoms with Gasteiger partial charge in [-0.25, -0.2) is 8.78 Å². The number of amides is 1. The molecule has 6 heteroatoms. The molecule has 1 aliphatic heterocycles. The molecule has 0 unspecified atom stereocenters. The van der Waals surface area contributed by atoms with Crippen molar-refractivity contribution >= 4 is 5.91 Å². The van der Waals surface area contributed by atoms with Crippen molar-refractivity contribution in [3.8, 4) is 0 Å². The largest absolute Gasteiger partial charge is 0.377 e. The molecule has 1 saturated carbocycles. The second-order valence-electron chi connectivity index (χ2n) is 6.19. The molecule has 1 saturated heterocycles. The molecular formula is C18H21F2NO3. The van der Waals surface area contributed by atoms with Gasteiger partial charge in [0, 0.05) is 18.0 Å². The zero-order valence-corrected chi connectivity index (χ0v) is 13.4. The van der Waals surface area contributed by atoms with E-state index in [1.165, 1.54) is 6.07 Å². The van der Waals surface area contributed by atoms with Crippen molar-refractivity contribution in [1.29, 1.82) is 0 Å². The fourth-order valence-electron chi connectivity index (χ4n) is 3.59. The summed E-state index contributed by atoms with van der Waals surface area (Å²) in [5.41, 5.74) is 0.168. The second-order valence-corrected chi connectivity index (χ2v) is 6.19. The van der Waals surface area contributed by atoms with Gasteiger partial charge >= 0.3 is 0 Å². The summed E-state index contributed by atoms with van der Waals surface area (Å²) < 4.78 is 37.9. The highest BCUT2D eigenvalue weighted by Gasteiger charge is 2.44. The fourth-order valence-corrected chi connectivity index (χ4v) is 3.59. The van der Waals surface area contributed by atoms with Gasteiger partial charge in [-0.2, -0.15) is 0 Å². The Morgan fingerprint density at radius 2 is 2.21 bits per heavy atom. The third-order valence-electron chi connectivity index (χ3n) is 4.71. The molecule has 2 fully saturated rings. The summed E-state index contributed by atoms with van der Waals surface area (Å²) in [7, 11) is 0. The monoisotopic (exact) mass is 337 g/mol. The Hall–Kier alpha value is -1.79. The minimum absolute atomic E-state index is 0.0447. The smallest absolute Gasteiger partial charge is 0.254 e. The Labute approximate surface area is 140 Å². The molecule has 3 atom stereocenters. The van der Waals surface area contributed by atoms with Crippen LogP contribution in [0.1, 0.15) is 23.2 Å². The van der Waals surface area contributed by atoms with Gasteiger partial charge in [0.05, 0.1) is 32.0 Å². The molecule has 1 heterocycles. The maximum absolute atomic E-state index is 13.4. The lowest BCUT2D eigenvalue weighted by atomic mass is 10.0. The van der Waals surface area contributed by atoms with Crippen LogP contribution < -0.4 is 0 Å². The molecule has 1 aromatic carbocycles. The molecular weight excluding hydrogens is 316 g/mol. The molecule has 1 amide bonds. The highest BCUT2D eigenvalue weighted by Crippen LogP contribution is 2.35. The highest BCUT2D eigenvalue weighted by molar-refractivity contribution is 5.94. The van der Waals surface area contributed by atoms with Gasteiger partial charge < -0.3 is 14.4 Å². The van der Waals surface area contributed by atoms with E-state index in [-0.39, 0.29) is 29.5 Å². The van der Waals surface area contributed by atoms with Crippen LogP contribution in [0.25, 0.3) is 0 Å². The first kappa shape index (κ1) is 17.0. The van der Waals surface area contributed by atoms with Crippen LogP contribution in [0.5, 0.6) is 0 Å². The van der Waals surface area contributed by atoms with Crippen LogP contribution in [0.15, 0.2) is 30.9 Å². The average molecular weight is 337 g/mol. The summed E-state index contributed by atoms with van der Waals surface area (Å²) in [6.07, 6.45) is 3.36.